The van der Waals surface area contributed by atoms with Crippen LogP contribution in [0.4, 0.5) is 0 Å². The van der Waals surface area contributed by atoms with Crippen molar-refractivity contribution in [3.63, 3.8) is 0 Å². The van der Waals surface area contributed by atoms with Gasteiger partial charge in [-0.3, -0.25) is 19.1 Å². The van der Waals surface area contributed by atoms with E-state index in [0.717, 1.165) is 9.37 Å². The summed E-state index contributed by atoms with van der Waals surface area (Å²) >= 11 is 9.17. The van der Waals surface area contributed by atoms with Crippen LogP contribution in [0.1, 0.15) is 18.3 Å². The lowest BCUT2D eigenvalue weighted by Gasteiger charge is -2.13. The van der Waals surface area contributed by atoms with Gasteiger partial charge in [0.1, 0.15) is 17.4 Å². The molecule has 0 aliphatic carbocycles. The lowest BCUT2D eigenvalue weighted by molar-refractivity contribution is -0.137. The van der Waals surface area contributed by atoms with Gasteiger partial charge in [-0.05, 0) is 22.0 Å². The molecule has 1 fully saturated rings. The zero-order valence-electron chi connectivity index (χ0n) is 11.2. The van der Waals surface area contributed by atoms with Crippen LogP contribution in [0, 0.1) is 0 Å². The predicted octanol–water partition coefficient (Wildman–Crippen LogP) is 1.90. The number of amides is 2. The number of hydrogen-bond donors (Lipinski definition) is 0. The molecule has 6 nitrogen and oxygen atoms in total. The number of carbonyl (C=O) groups excluding carboxylic acids is 2. The maximum absolute atomic E-state index is 12.3. The molecule has 1 aliphatic heterocycles. The molecule has 21 heavy (non-hydrogen) atoms. The summed E-state index contributed by atoms with van der Waals surface area (Å²) in [5.41, 5.74) is 1.28. The molecule has 0 bridgehead atoms. The van der Waals surface area contributed by atoms with Crippen molar-refractivity contribution in [2.24, 2.45) is 0 Å². The number of halogens is 2. The molecular formula is C13H12BrClN4O2. The van der Waals surface area contributed by atoms with Crippen LogP contribution in [0.5, 0.6) is 0 Å². The van der Waals surface area contributed by atoms with Gasteiger partial charge in [-0.25, -0.2) is 9.97 Å². The smallest absolute Gasteiger partial charge is 0.252 e. The Balaban J connectivity index is 2.18. The molecule has 0 spiro atoms. The first kappa shape index (κ1) is 14.5. The summed E-state index contributed by atoms with van der Waals surface area (Å²) < 4.78 is 2.55. The van der Waals surface area contributed by atoms with Crippen LogP contribution in [-0.2, 0) is 16.0 Å². The highest BCUT2D eigenvalue weighted by Gasteiger charge is 2.39. The maximum atomic E-state index is 12.3. The number of hydrogen-bond acceptors (Lipinski definition) is 4. The fourth-order valence-electron chi connectivity index (χ4n) is 2.53. The van der Waals surface area contributed by atoms with Crippen molar-refractivity contribution in [2.45, 2.75) is 18.9 Å². The summed E-state index contributed by atoms with van der Waals surface area (Å²) in [5.74, 6) is 0.627. The monoisotopic (exact) mass is 370 g/mol. The SMILES string of the molecule is CN1C(=O)CC(n2c(CCCl)nc3cc(Br)cnc32)C1=O. The average molecular weight is 372 g/mol. The standard InChI is InChI=1S/C13H12BrClN4O2/c1-18-11(20)5-9(13(18)21)19-10(2-3-15)17-8-4-7(14)6-16-12(8)19/h4,6,9H,2-3,5H2,1H3. The Hall–Kier alpha value is -1.47. The first-order chi connectivity index (χ1) is 10.0. The first-order valence-corrected chi connectivity index (χ1v) is 7.74. The fraction of sp³-hybridized carbons (Fsp3) is 0.385. The largest absolute Gasteiger partial charge is 0.299 e. The van der Waals surface area contributed by atoms with E-state index < -0.39 is 6.04 Å². The van der Waals surface area contributed by atoms with Gasteiger partial charge in [0.05, 0.1) is 6.42 Å². The zero-order chi connectivity index (χ0) is 15.1. The van der Waals surface area contributed by atoms with E-state index in [1.165, 1.54) is 7.05 Å². The van der Waals surface area contributed by atoms with E-state index in [2.05, 4.69) is 25.9 Å². The summed E-state index contributed by atoms with van der Waals surface area (Å²) in [6, 6.07) is 1.25. The molecule has 0 saturated carbocycles. The Morgan fingerprint density at radius 2 is 2.24 bits per heavy atom. The van der Waals surface area contributed by atoms with Crippen LogP contribution >= 0.6 is 27.5 Å². The third kappa shape index (κ3) is 2.34. The number of alkyl halides is 1. The van der Waals surface area contributed by atoms with Gasteiger partial charge >= 0.3 is 0 Å². The number of carbonyl (C=O) groups is 2. The van der Waals surface area contributed by atoms with Crippen LogP contribution in [0.15, 0.2) is 16.7 Å². The highest BCUT2D eigenvalue weighted by molar-refractivity contribution is 9.10. The number of imidazole rings is 1. The highest BCUT2D eigenvalue weighted by Crippen LogP contribution is 2.29. The number of likely N-dealkylation sites (tertiary alicyclic amines) is 1. The van der Waals surface area contributed by atoms with Crippen LogP contribution < -0.4 is 0 Å². The molecule has 1 saturated heterocycles. The van der Waals surface area contributed by atoms with Gasteiger partial charge in [0.25, 0.3) is 5.91 Å². The number of likely N-dealkylation sites (N-methyl/N-ethyl adjacent to an activating group) is 1. The Morgan fingerprint density at radius 1 is 1.48 bits per heavy atom. The van der Waals surface area contributed by atoms with Crippen molar-refractivity contribution in [1.29, 1.82) is 0 Å². The quantitative estimate of drug-likeness (QED) is 0.610. The third-order valence-electron chi connectivity index (χ3n) is 3.56. The molecule has 3 rings (SSSR count). The van der Waals surface area contributed by atoms with Gasteiger partial charge < -0.3 is 0 Å². The number of imide groups is 1. The minimum Gasteiger partial charge on any atom is -0.299 e. The second-order valence-electron chi connectivity index (χ2n) is 4.84. The topological polar surface area (TPSA) is 68.1 Å². The van der Waals surface area contributed by atoms with Crippen molar-refractivity contribution >= 4 is 50.5 Å². The normalized spacial score (nSPS) is 19.0. The summed E-state index contributed by atoms with van der Waals surface area (Å²) in [6.45, 7) is 0. The summed E-state index contributed by atoms with van der Waals surface area (Å²) in [7, 11) is 1.50. The van der Waals surface area contributed by atoms with Gasteiger partial charge in [-0.1, -0.05) is 0 Å². The maximum Gasteiger partial charge on any atom is 0.252 e. The summed E-state index contributed by atoms with van der Waals surface area (Å²) in [6.07, 6.45) is 2.29. The third-order valence-corrected chi connectivity index (χ3v) is 4.18. The lowest BCUT2D eigenvalue weighted by atomic mass is 10.2. The second kappa shape index (κ2) is 5.38. The molecule has 2 aromatic rings. The molecule has 1 atom stereocenters. The van der Waals surface area contributed by atoms with Gasteiger partial charge in [-0.15, -0.1) is 11.6 Å². The van der Waals surface area contributed by atoms with E-state index in [1.54, 1.807) is 10.8 Å². The Bertz CT molecular complexity index is 745. The number of aromatic nitrogens is 3. The first-order valence-electron chi connectivity index (χ1n) is 6.41. The number of pyridine rings is 1. The Kier molecular flexibility index (Phi) is 3.71. The molecule has 110 valence electrons. The molecule has 0 N–H and O–H groups in total. The van der Waals surface area contributed by atoms with Gasteiger partial charge in [0.2, 0.25) is 5.91 Å². The van der Waals surface area contributed by atoms with Gasteiger partial charge in [0.15, 0.2) is 5.65 Å². The van der Waals surface area contributed by atoms with E-state index in [-0.39, 0.29) is 18.2 Å². The highest BCUT2D eigenvalue weighted by atomic mass is 79.9. The van der Waals surface area contributed by atoms with E-state index in [0.29, 0.717) is 29.3 Å². The number of nitrogens with zero attached hydrogens (tertiary/aromatic N) is 4. The molecule has 2 aromatic heterocycles. The molecule has 1 unspecified atom stereocenters. The molecule has 0 radical (unpaired) electrons. The van der Waals surface area contributed by atoms with Crippen molar-refractivity contribution in [1.82, 2.24) is 19.4 Å². The number of fused-ring (bicyclic) bond motifs is 1. The van der Waals surface area contributed by atoms with Crippen molar-refractivity contribution in [2.75, 3.05) is 12.9 Å². The minimum atomic E-state index is -0.584. The fourth-order valence-corrected chi connectivity index (χ4v) is 3.02. The number of aryl methyl sites for hydroxylation is 1. The van der Waals surface area contributed by atoms with Crippen molar-refractivity contribution in [3.05, 3.63) is 22.6 Å². The van der Waals surface area contributed by atoms with Gasteiger partial charge in [-0.2, -0.15) is 0 Å². The van der Waals surface area contributed by atoms with E-state index in [9.17, 15) is 9.59 Å². The average Bonchev–Trinajstić information content (AvgIpc) is 2.91. The predicted molar refractivity (Wildman–Crippen MR) is 81.1 cm³/mol. The van der Waals surface area contributed by atoms with Crippen LogP contribution in [0.25, 0.3) is 11.2 Å². The molecule has 8 heteroatoms. The van der Waals surface area contributed by atoms with Crippen molar-refractivity contribution < 1.29 is 9.59 Å². The summed E-state index contributed by atoms with van der Waals surface area (Å²) in [5, 5.41) is 0. The molecule has 2 amide bonds. The second-order valence-corrected chi connectivity index (χ2v) is 6.14. The van der Waals surface area contributed by atoms with E-state index in [1.807, 2.05) is 6.07 Å². The Labute approximate surface area is 134 Å². The van der Waals surface area contributed by atoms with Crippen LogP contribution in [0.2, 0.25) is 0 Å². The minimum absolute atomic E-state index is 0.133. The summed E-state index contributed by atoms with van der Waals surface area (Å²) in [4.78, 5) is 34.0. The molecule has 3 heterocycles. The number of rotatable bonds is 3. The van der Waals surface area contributed by atoms with Crippen molar-refractivity contribution in [3.8, 4) is 0 Å². The van der Waals surface area contributed by atoms with Gasteiger partial charge in [0, 0.05) is 30.0 Å². The molecule has 1 aliphatic rings. The lowest BCUT2D eigenvalue weighted by Crippen LogP contribution is -2.27. The van der Waals surface area contributed by atoms with E-state index in [4.69, 9.17) is 11.6 Å². The molecular weight excluding hydrogens is 360 g/mol. The van der Waals surface area contributed by atoms with Crippen LogP contribution in [0.3, 0.4) is 0 Å². The zero-order valence-corrected chi connectivity index (χ0v) is 13.6. The molecule has 0 aromatic carbocycles. The Morgan fingerprint density at radius 3 is 2.86 bits per heavy atom. The van der Waals surface area contributed by atoms with Crippen LogP contribution in [-0.4, -0.2) is 44.2 Å². The van der Waals surface area contributed by atoms with E-state index >= 15 is 0 Å².